The third-order valence-corrected chi connectivity index (χ3v) is 4.51. The molecule has 1 aliphatic heterocycles. The fraction of sp³-hybridized carbons (Fsp3) is 0.286. The van der Waals surface area contributed by atoms with Crippen LogP contribution in [0.15, 0.2) is 54.6 Å². The maximum Gasteiger partial charge on any atom is 0.248 e. The van der Waals surface area contributed by atoms with E-state index in [-0.39, 0.29) is 5.91 Å². The average molecular weight is 335 g/mol. The number of likely N-dealkylation sites (N-methyl/N-ethyl adjacent to an activating group) is 1. The molecule has 1 amide bonds. The topological polar surface area (TPSA) is 35.6 Å². The number of nitrogens with one attached hydrogen (secondary N) is 1. The van der Waals surface area contributed by atoms with Gasteiger partial charge in [-0.05, 0) is 49.9 Å². The molecule has 0 bridgehead atoms. The van der Waals surface area contributed by atoms with Gasteiger partial charge in [0, 0.05) is 43.6 Å². The van der Waals surface area contributed by atoms with E-state index >= 15 is 0 Å². The summed E-state index contributed by atoms with van der Waals surface area (Å²) in [7, 11) is 2.15. The molecular weight excluding hydrogens is 310 g/mol. The van der Waals surface area contributed by atoms with E-state index in [1.807, 2.05) is 49.4 Å². The maximum absolute atomic E-state index is 12.1. The van der Waals surface area contributed by atoms with E-state index in [1.54, 1.807) is 6.08 Å². The van der Waals surface area contributed by atoms with Gasteiger partial charge in [-0.3, -0.25) is 4.79 Å². The zero-order valence-electron chi connectivity index (χ0n) is 14.9. The van der Waals surface area contributed by atoms with Crippen molar-refractivity contribution < 1.29 is 4.79 Å². The minimum absolute atomic E-state index is 0.118. The lowest BCUT2D eigenvalue weighted by Crippen LogP contribution is -2.44. The van der Waals surface area contributed by atoms with E-state index < -0.39 is 0 Å². The van der Waals surface area contributed by atoms with Crippen molar-refractivity contribution in [3.8, 4) is 0 Å². The highest BCUT2D eigenvalue weighted by Gasteiger charge is 2.13. The molecule has 4 heteroatoms. The SMILES string of the molecule is Cc1ccc(/C=C/C(=O)Nc2ccc(N3CCN(C)CC3)cc2)cc1. The number of hydrogen-bond acceptors (Lipinski definition) is 3. The highest BCUT2D eigenvalue weighted by Crippen LogP contribution is 2.19. The van der Waals surface area contributed by atoms with Gasteiger partial charge >= 0.3 is 0 Å². The van der Waals surface area contributed by atoms with Gasteiger partial charge in [-0.15, -0.1) is 0 Å². The molecule has 2 aromatic carbocycles. The molecule has 2 aromatic rings. The van der Waals surface area contributed by atoms with Crippen LogP contribution in [0.25, 0.3) is 6.08 Å². The molecule has 130 valence electrons. The second-order valence-electron chi connectivity index (χ2n) is 6.57. The van der Waals surface area contributed by atoms with Crippen LogP contribution >= 0.6 is 0 Å². The highest BCUT2D eigenvalue weighted by molar-refractivity contribution is 6.02. The monoisotopic (exact) mass is 335 g/mol. The Labute approximate surface area is 149 Å². The number of amides is 1. The Morgan fingerprint density at radius 2 is 1.60 bits per heavy atom. The Kier molecular flexibility index (Phi) is 5.51. The van der Waals surface area contributed by atoms with Crippen LogP contribution in [0, 0.1) is 6.92 Å². The zero-order chi connectivity index (χ0) is 17.6. The number of aryl methyl sites for hydroxylation is 1. The highest BCUT2D eigenvalue weighted by atomic mass is 16.1. The van der Waals surface area contributed by atoms with Crippen molar-refractivity contribution in [1.82, 2.24) is 4.90 Å². The summed E-state index contributed by atoms with van der Waals surface area (Å²) in [5.74, 6) is -0.118. The van der Waals surface area contributed by atoms with Crippen LogP contribution in [0.1, 0.15) is 11.1 Å². The molecule has 0 unspecified atom stereocenters. The van der Waals surface area contributed by atoms with Gasteiger partial charge in [0.15, 0.2) is 0 Å². The molecule has 0 aliphatic carbocycles. The first-order valence-corrected chi connectivity index (χ1v) is 8.69. The Morgan fingerprint density at radius 3 is 2.24 bits per heavy atom. The van der Waals surface area contributed by atoms with Crippen molar-refractivity contribution in [2.75, 3.05) is 43.4 Å². The van der Waals surface area contributed by atoms with Crippen LogP contribution in [-0.2, 0) is 4.79 Å². The summed E-state index contributed by atoms with van der Waals surface area (Å²) in [6.07, 6.45) is 3.40. The zero-order valence-corrected chi connectivity index (χ0v) is 14.9. The van der Waals surface area contributed by atoms with E-state index in [4.69, 9.17) is 0 Å². The van der Waals surface area contributed by atoms with Gasteiger partial charge in [0.2, 0.25) is 5.91 Å². The molecule has 25 heavy (non-hydrogen) atoms. The molecule has 1 saturated heterocycles. The van der Waals surface area contributed by atoms with Crippen LogP contribution in [0.4, 0.5) is 11.4 Å². The molecule has 4 nitrogen and oxygen atoms in total. The molecule has 0 atom stereocenters. The number of benzene rings is 2. The van der Waals surface area contributed by atoms with Gasteiger partial charge in [0.25, 0.3) is 0 Å². The van der Waals surface area contributed by atoms with E-state index in [0.717, 1.165) is 37.4 Å². The lowest BCUT2D eigenvalue weighted by atomic mass is 10.1. The summed E-state index contributed by atoms with van der Waals surface area (Å²) < 4.78 is 0. The van der Waals surface area contributed by atoms with Crippen molar-refractivity contribution in [3.63, 3.8) is 0 Å². The summed E-state index contributed by atoms with van der Waals surface area (Å²) in [6, 6.07) is 16.2. The fourth-order valence-electron chi connectivity index (χ4n) is 2.85. The number of carbonyl (C=O) groups excluding carboxylic acids is 1. The minimum Gasteiger partial charge on any atom is -0.369 e. The van der Waals surface area contributed by atoms with Gasteiger partial charge in [0.1, 0.15) is 0 Å². The first-order chi connectivity index (χ1) is 12.1. The largest absolute Gasteiger partial charge is 0.369 e. The molecule has 0 radical (unpaired) electrons. The van der Waals surface area contributed by atoms with Gasteiger partial charge in [0.05, 0.1) is 0 Å². The quantitative estimate of drug-likeness (QED) is 0.870. The van der Waals surface area contributed by atoms with Crippen LogP contribution in [0.2, 0.25) is 0 Å². The maximum atomic E-state index is 12.1. The number of carbonyl (C=O) groups is 1. The van der Waals surface area contributed by atoms with Crippen molar-refractivity contribution in [1.29, 1.82) is 0 Å². The Balaban J connectivity index is 1.55. The van der Waals surface area contributed by atoms with Crippen molar-refractivity contribution in [2.45, 2.75) is 6.92 Å². The third-order valence-electron chi connectivity index (χ3n) is 4.51. The minimum atomic E-state index is -0.118. The first-order valence-electron chi connectivity index (χ1n) is 8.69. The molecule has 0 spiro atoms. The van der Waals surface area contributed by atoms with Crippen LogP contribution in [0.5, 0.6) is 0 Å². The van der Waals surface area contributed by atoms with Crippen molar-refractivity contribution in [2.24, 2.45) is 0 Å². The Bertz CT molecular complexity index is 727. The summed E-state index contributed by atoms with van der Waals surface area (Å²) in [6.45, 7) is 6.31. The predicted octanol–water partition coefficient (Wildman–Crippen LogP) is 3.40. The summed E-state index contributed by atoms with van der Waals surface area (Å²) in [4.78, 5) is 16.8. The molecular formula is C21H25N3O. The van der Waals surface area contributed by atoms with E-state index in [2.05, 4.69) is 34.3 Å². The van der Waals surface area contributed by atoms with Crippen LogP contribution in [0.3, 0.4) is 0 Å². The lowest BCUT2D eigenvalue weighted by Gasteiger charge is -2.34. The number of nitrogens with zero attached hydrogens (tertiary/aromatic N) is 2. The number of piperazine rings is 1. The first kappa shape index (κ1) is 17.2. The standard InChI is InChI=1S/C21H25N3O/c1-17-3-5-18(6-4-17)7-12-21(25)22-19-8-10-20(11-9-19)24-15-13-23(2)14-16-24/h3-12H,13-16H2,1-2H3,(H,22,25)/b12-7+. The van der Waals surface area contributed by atoms with Crippen LogP contribution < -0.4 is 10.2 Å². The Hall–Kier alpha value is -2.59. The van der Waals surface area contributed by atoms with Gasteiger partial charge in [-0.1, -0.05) is 29.8 Å². The molecule has 1 N–H and O–H groups in total. The van der Waals surface area contributed by atoms with Crippen molar-refractivity contribution in [3.05, 3.63) is 65.7 Å². The van der Waals surface area contributed by atoms with Gasteiger partial charge in [-0.2, -0.15) is 0 Å². The molecule has 0 aromatic heterocycles. The summed E-state index contributed by atoms with van der Waals surface area (Å²) in [5.41, 5.74) is 4.26. The lowest BCUT2D eigenvalue weighted by molar-refractivity contribution is -0.111. The number of anilines is 2. The van der Waals surface area contributed by atoms with E-state index in [9.17, 15) is 4.79 Å². The Morgan fingerprint density at radius 1 is 0.960 bits per heavy atom. The second kappa shape index (κ2) is 7.99. The second-order valence-corrected chi connectivity index (χ2v) is 6.57. The number of hydrogen-bond donors (Lipinski definition) is 1. The van der Waals surface area contributed by atoms with Crippen molar-refractivity contribution >= 4 is 23.4 Å². The molecule has 1 heterocycles. The molecule has 3 rings (SSSR count). The summed E-state index contributed by atoms with van der Waals surface area (Å²) in [5, 5.41) is 2.91. The predicted molar refractivity (Wildman–Crippen MR) is 105 cm³/mol. The normalized spacial score (nSPS) is 15.5. The summed E-state index contributed by atoms with van der Waals surface area (Å²) >= 11 is 0. The fourth-order valence-corrected chi connectivity index (χ4v) is 2.85. The van der Waals surface area contributed by atoms with Gasteiger partial charge < -0.3 is 15.1 Å². The molecule has 0 saturated carbocycles. The molecule has 1 aliphatic rings. The third kappa shape index (κ3) is 4.94. The smallest absolute Gasteiger partial charge is 0.248 e. The average Bonchev–Trinajstić information content (AvgIpc) is 2.63. The van der Waals surface area contributed by atoms with Crippen LogP contribution in [-0.4, -0.2) is 44.0 Å². The van der Waals surface area contributed by atoms with E-state index in [1.165, 1.54) is 11.3 Å². The number of rotatable bonds is 4. The van der Waals surface area contributed by atoms with E-state index in [0.29, 0.717) is 0 Å². The molecule has 1 fully saturated rings. The van der Waals surface area contributed by atoms with Gasteiger partial charge in [-0.25, -0.2) is 0 Å².